The number of aromatic amines is 1. The first-order chi connectivity index (χ1) is 6.36. The van der Waals surface area contributed by atoms with E-state index in [1.165, 1.54) is 25.7 Å². The number of hydrogen-bond acceptors (Lipinski definition) is 2. The Hall–Kier alpha value is -0.990. The van der Waals surface area contributed by atoms with Crippen LogP contribution in [0.15, 0.2) is 12.4 Å². The Morgan fingerprint density at radius 2 is 2.31 bits per heavy atom. The molecule has 72 valence electrons. The summed E-state index contributed by atoms with van der Waals surface area (Å²) >= 11 is 0. The minimum Gasteiger partial charge on any atom is -0.353 e. The summed E-state index contributed by atoms with van der Waals surface area (Å²) in [6, 6.07) is 0.550. The molecule has 1 aromatic rings. The van der Waals surface area contributed by atoms with Gasteiger partial charge in [0, 0.05) is 18.4 Å². The Bertz CT molecular complexity index is 237. The molecule has 1 heterocycles. The summed E-state index contributed by atoms with van der Waals surface area (Å²) in [4.78, 5) is 7.23. The van der Waals surface area contributed by atoms with Crippen LogP contribution in [0.1, 0.15) is 32.6 Å². The largest absolute Gasteiger partial charge is 0.353 e. The van der Waals surface area contributed by atoms with Crippen molar-refractivity contribution in [2.75, 3.05) is 5.32 Å². The quantitative estimate of drug-likeness (QED) is 0.748. The van der Waals surface area contributed by atoms with Crippen LogP contribution in [0, 0.1) is 5.92 Å². The number of imidazole rings is 1. The zero-order valence-electron chi connectivity index (χ0n) is 8.09. The first kappa shape index (κ1) is 8.60. The fraction of sp³-hybridized carbons (Fsp3) is 0.700. The molecule has 3 nitrogen and oxygen atoms in total. The Labute approximate surface area is 79.0 Å². The van der Waals surface area contributed by atoms with E-state index >= 15 is 0 Å². The van der Waals surface area contributed by atoms with Crippen molar-refractivity contribution in [3.63, 3.8) is 0 Å². The van der Waals surface area contributed by atoms with Gasteiger partial charge in [-0.05, 0) is 25.7 Å². The molecule has 1 fully saturated rings. The highest BCUT2D eigenvalue weighted by Crippen LogP contribution is 2.28. The number of H-pyrrole nitrogens is 1. The molecule has 2 N–H and O–H groups in total. The summed E-state index contributed by atoms with van der Waals surface area (Å²) in [6.07, 6.45) is 9.17. The Kier molecular flexibility index (Phi) is 2.52. The predicted molar refractivity (Wildman–Crippen MR) is 53.6 cm³/mol. The lowest BCUT2D eigenvalue weighted by atomic mass is 10.0. The van der Waals surface area contributed by atoms with Gasteiger partial charge in [0.25, 0.3) is 0 Å². The van der Waals surface area contributed by atoms with Crippen molar-refractivity contribution in [1.29, 1.82) is 0 Å². The van der Waals surface area contributed by atoms with E-state index in [2.05, 4.69) is 22.2 Å². The van der Waals surface area contributed by atoms with Gasteiger partial charge in [0.05, 0.1) is 0 Å². The van der Waals surface area contributed by atoms with Crippen molar-refractivity contribution in [3.05, 3.63) is 12.4 Å². The van der Waals surface area contributed by atoms with Crippen LogP contribution in [0.3, 0.4) is 0 Å². The number of aromatic nitrogens is 2. The first-order valence-corrected chi connectivity index (χ1v) is 5.12. The fourth-order valence-electron chi connectivity index (χ4n) is 2.14. The van der Waals surface area contributed by atoms with Gasteiger partial charge in [-0.2, -0.15) is 0 Å². The van der Waals surface area contributed by atoms with Gasteiger partial charge in [0.15, 0.2) is 5.95 Å². The normalized spacial score (nSPS) is 20.4. The summed E-state index contributed by atoms with van der Waals surface area (Å²) < 4.78 is 0. The van der Waals surface area contributed by atoms with Gasteiger partial charge in [0.1, 0.15) is 0 Å². The van der Waals surface area contributed by atoms with E-state index in [4.69, 9.17) is 0 Å². The molecule has 0 spiro atoms. The van der Waals surface area contributed by atoms with Crippen LogP contribution in [0.4, 0.5) is 5.95 Å². The van der Waals surface area contributed by atoms with Gasteiger partial charge in [0.2, 0.25) is 0 Å². The van der Waals surface area contributed by atoms with E-state index in [0.29, 0.717) is 6.04 Å². The van der Waals surface area contributed by atoms with Crippen LogP contribution in [0.2, 0.25) is 0 Å². The highest BCUT2D eigenvalue weighted by molar-refractivity contribution is 5.24. The second kappa shape index (κ2) is 3.81. The van der Waals surface area contributed by atoms with Crippen LogP contribution >= 0.6 is 0 Å². The summed E-state index contributed by atoms with van der Waals surface area (Å²) in [5, 5.41) is 3.40. The van der Waals surface area contributed by atoms with Crippen LogP contribution in [0.5, 0.6) is 0 Å². The van der Waals surface area contributed by atoms with Crippen LogP contribution in [-0.2, 0) is 0 Å². The summed E-state index contributed by atoms with van der Waals surface area (Å²) in [5.41, 5.74) is 0. The van der Waals surface area contributed by atoms with Crippen molar-refractivity contribution in [2.24, 2.45) is 5.92 Å². The molecule has 0 saturated heterocycles. The minimum absolute atomic E-state index is 0.550. The molecule has 0 radical (unpaired) electrons. The van der Waals surface area contributed by atoms with Gasteiger partial charge in [-0.15, -0.1) is 0 Å². The van der Waals surface area contributed by atoms with Crippen molar-refractivity contribution in [1.82, 2.24) is 9.97 Å². The maximum Gasteiger partial charge on any atom is 0.200 e. The van der Waals surface area contributed by atoms with Crippen LogP contribution in [0.25, 0.3) is 0 Å². The lowest BCUT2D eigenvalue weighted by Gasteiger charge is -2.19. The van der Waals surface area contributed by atoms with Crippen LogP contribution < -0.4 is 5.32 Å². The zero-order chi connectivity index (χ0) is 9.10. The molecule has 1 saturated carbocycles. The number of rotatable bonds is 3. The van der Waals surface area contributed by atoms with E-state index in [1.54, 1.807) is 6.20 Å². The zero-order valence-corrected chi connectivity index (χ0v) is 8.09. The maximum atomic E-state index is 4.16. The lowest BCUT2D eigenvalue weighted by molar-refractivity contribution is 0.480. The van der Waals surface area contributed by atoms with Gasteiger partial charge in [-0.1, -0.05) is 12.8 Å². The molecule has 2 rings (SSSR count). The molecule has 0 aliphatic heterocycles. The van der Waals surface area contributed by atoms with E-state index in [0.717, 1.165) is 11.9 Å². The average molecular weight is 179 g/mol. The molecular formula is C10H17N3. The molecule has 3 heteroatoms. The third-order valence-electron chi connectivity index (χ3n) is 2.97. The number of nitrogens with zero attached hydrogens (tertiary/aromatic N) is 1. The number of anilines is 1. The molecule has 0 bridgehead atoms. The van der Waals surface area contributed by atoms with Gasteiger partial charge >= 0.3 is 0 Å². The van der Waals surface area contributed by atoms with Gasteiger partial charge < -0.3 is 10.3 Å². The second-order valence-electron chi connectivity index (χ2n) is 3.92. The minimum atomic E-state index is 0.550. The number of hydrogen-bond donors (Lipinski definition) is 2. The highest BCUT2D eigenvalue weighted by atomic mass is 15.1. The van der Waals surface area contributed by atoms with Crippen LogP contribution in [-0.4, -0.2) is 16.0 Å². The van der Waals surface area contributed by atoms with Crippen molar-refractivity contribution >= 4 is 5.95 Å². The molecule has 1 atom stereocenters. The maximum absolute atomic E-state index is 4.16. The molecule has 13 heavy (non-hydrogen) atoms. The van der Waals surface area contributed by atoms with Crippen molar-refractivity contribution in [2.45, 2.75) is 38.6 Å². The van der Waals surface area contributed by atoms with Crippen molar-refractivity contribution in [3.8, 4) is 0 Å². The summed E-state index contributed by atoms with van der Waals surface area (Å²) in [7, 11) is 0. The first-order valence-electron chi connectivity index (χ1n) is 5.12. The topological polar surface area (TPSA) is 40.7 Å². The Morgan fingerprint density at radius 1 is 1.54 bits per heavy atom. The van der Waals surface area contributed by atoms with Gasteiger partial charge in [-0.25, -0.2) is 4.98 Å². The molecule has 1 aromatic heterocycles. The van der Waals surface area contributed by atoms with E-state index in [1.807, 2.05) is 6.20 Å². The van der Waals surface area contributed by atoms with E-state index in [9.17, 15) is 0 Å². The fourth-order valence-corrected chi connectivity index (χ4v) is 2.14. The number of nitrogens with one attached hydrogen (secondary N) is 2. The van der Waals surface area contributed by atoms with Crippen molar-refractivity contribution < 1.29 is 0 Å². The Morgan fingerprint density at radius 3 is 2.92 bits per heavy atom. The summed E-state index contributed by atoms with van der Waals surface area (Å²) in [5.74, 6) is 1.74. The Balaban J connectivity index is 1.87. The summed E-state index contributed by atoms with van der Waals surface area (Å²) in [6.45, 7) is 2.25. The highest BCUT2D eigenvalue weighted by Gasteiger charge is 2.21. The monoisotopic (exact) mass is 179 g/mol. The predicted octanol–water partition coefficient (Wildman–Crippen LogP) is 2.40. The standard InChI is InChI=1S/C10H17N3/c1-8(9-4-2-3-5-9)13-10-11-6-7-12-10/h6-9H,2-5H2,1H3,(H2,11,12,13). The molecule has 0 aromatic carbocycles. The lowest BCUT2D eigenvalue weighted by Crippen LogP contribution is -2.24. The SMILES string of the molecule is CC(Nc1ncc[nH]1)C1CCCC1. The third kappa shape index (κ3) is 2.02. The smallest absolute Gasteiger partial charge is 0.200 e. The second-order valence-corrected chi connectivity index (χ2v) is 3.92. The molecule has 1 unspecified atom stereocenters. The molecule has 1 aliphatic rings. The van der Waals surface area contributed by atoms with E-state index < -0.39 is 0 Å². The molecule has 0 amide bonds. The third-order valence-corrected chi connectivity index (χ3v) is 2.97. The molecular weight excluding hydrogens is 162 g/mol. The van der Waals surface area contributed by atoms with Gasteiger partial charge in [-0.3, -0.25) is 0 Å². The van der Waals surface area contributed by atoms with E-state index in [-0.39, 0.29) is 0 Å². The average Bonchev–Trinajstić information content (AvgIpc) is 2.74. The molecule has 1 aliphatic carbocycles.